The van der Waals surface area contributed by atoms with Gasteiger partial charge >= 0.3 is 0 Å². The van der Waals surface area contributed by atoms with Crippen molar-refractivity contribution in [3.63, 3.8) is 0 Å². The Morgan fingerprint density at radius 3 is 2.87 bits per heavy atom. The van der Waals surface area contributed by atoms with Crippen LogP contribution in [0, 0.1) is 0 Å². The molecule has 1 atom stereocenters. The smallest absolute Gasteiger partial charge is 0.227 e. The second kappa shape index (κ2) is 4.40. The third-order valence-electron chi connectivity index (χ3n) is 2.68. The number of amides is 1. The van der Waals surface area contributed by atoms with E-state index < -0.39 is 0 Å². The van der Waals surface area contributed by atoms with Gasteiger partial charge in [-0.15, -0.1) is 0 Å². The number of hydrogen-bond donors (Lipinski definition) is 1. The molecule has 80 valence electrons. The third kappa shape index (κ3) is 2.53. The zero-order valence-corrected chi connectivity index (χ0v) is 8.60. The Morgan fingerprint density at radius 2 is 2.27 bits per heavy atom. The summed E-state index contributed by atoms with van der Waals surface area (Å²) in [6.45, 7) is 1.50. The average molecular weight is 205 g/mol. The fourth-order valence-electron chi connectivity index (χ4n) is 1.80. The summed E-state index contributed by atoms with van der Waals surface area (Å²) in [4.78, 5) is 17.6. The summed E-state index contributed by atoms with van der Waals surface area (Å²) in [7, 11) is 0. The standard InChI is InChI=1S/C11H15N3O/c12-10-3-6-14(8-10)11(15)7-9-1-4-13-5-2-9/h1-2,4-5,10H,3,6-8,12H2. The molecule has 1 saturated heterocycles. The van der Waals surface area contributed by atoms with Gasteiger partial charge in [-0.3, -0.25) is 9.78 Å². The number of aromatic nitrogens is 1. The van der Waals surface area contributed by atoms with Gasteiger partial charge in [0.05, 0.1) is 6.42 Å². The maximum Gasteiger partial charge on any atom is 0.227 e. The number of likely N-dealkylation sites (tertiary alicyclic amines) is 1. The van der Waals surface area contributed by atoms with Crippen LogP contribution in [0.5, 0.6) is 0 Å². The lowest BCUT2D eigenvalue weighted by molar-refractivity contribution is -0.129. The van der Waals surface area contributed by atoms with Crippen LogP contribution >= 0.6 is 0 Å². The van der Waals surface area contributed by atoms with E-state index in [9.17, 15) is 4.79 Å². The molecule has 0 aromatic carbocycles. The van der Waals surface area contributed by atoms with Gasteiger partial charge in [-0.1, -0.05) is 0 Å². The second-order valence-electron chi connectivity index (χ2n) is 3.92. The highest BCUT2D eigenvalue weighted by atomic mass is 16.2. The molecular formula is C11H15N3O. The molecular weight excluding hydrogens is 190 g/mol. The molecule has 0 saturated carbocycles. The van der Waals surface area contributed by atoms with Crippen LogP contribution in [0.25, 0.3) is 0 Å². The molecule has 2 heterocycles. The summed E-state index contributed by atoms with van der Waals surface area (Å²) >= 11 is 0. The molecule has 1 amide bonds. The molecule has 1 unspecified atom stereocenters. The Hall–Kier alpha value is -1.42. The molecule has 1 aliphatic rings. The van der Waals surface area contributed by atoms with Gasteiger partial charge < -0.3 is 10.6 Å². The lowest BCUT2D eigenvalue weighted by Gasteiger charge is -2.15. The van der Waals surface area contributed by atoms with Crippen molar-refractivity contribution >= 4 is 5.91 Å². The van der Waals surface area contributed by atoms with Crippen LogP contribution in [-0.4, -0.2) is 34.9 Å². The van der Waals surface area contributed by atoms with Crippen molar-refractivity contribution in [1.82, 2.24) is 9.88 Å². The van der Waals surface area contributed by atoms with Gasteiger partial charge in [-0.05, 0) is 24.1 Å². The van der Waals surface area contributed by atoms with Crippen LogP contribution in [0.15, 0.2) is 24.5 Å². The van der Waals surface area contributed by atoms with Crippen molar-refractivity contribution in [3.8, 4) is 0 Å². The topological polar surface area (TPSA) is 59.2 Å². The molecule has 1 aromatic rings. The van der Waals surface area contributed by atoms with E-state index in [4.69, 9.17) is 5.73 Å². The molecule has 2 N–H and O–H groups in total. The number of nitrogens with zero attached hydrogens (tertiary/aromatic N) is 2. The molecule has 1 fully saturated rings. The quantitative estimate of drug-likeness (QED) is 0.749. The first kappa shape index (κ1) is 10.1. The van der Waals surface area contributed by atoms with Crippen LogP contribution in [0.3, 0.4) is 0 Å². The summed E-state index contributed by atoms with van der Waals surface area (Å²) < 4.78 is 0. The van der Waals surface area contributed by atoms with Gasteiger partial charge in [-0.25, -0.2) is 0 Å². The van der Waals surface area contributed by atoms with Gasteiger partial charge in [0.25, 0.3) is 0 Å². The molecule has 2 rings (SSSR count). The van der Waals surface area contributed by atoms with E-state index in [1.807, 2.05) is 17.0 Å². The van der Waals surface area contributed by atoms with Gasteiger partial charge in [0, 0.05) is 31.5 Å². The van der Waals surface area contributed by atoms with Crippen molar-refractivity contribution in [2.24, 2.45) is 5.73 Å². The van der Waals surface area contributed by atoms with Crippen molar-refractivity contribution in [2.75, 3.05) is 13.1 Å². The molecule has 1 aromatic heterocycles. The maximum absolute atomic E-state index is 11.8. The first-order chi connectivity index (χ1) is 7.25. The summed E-state index contributed by atoms with van der Waals surface area (Å²) in [5.41, 5.74) is 6.76. The van der Waals surface area contributed by atoms with Crippen LogP contribution < -0.4 is 5.73 Å². The van der Waals surface area contributed by atoms with Crippen molar-refractivity contribution < 1.29 is 4.79 Å². The van der Waals surface area contributed by atoms with E-state index in [-0.39, 0.29) is 11.9 Å². The number of rotatable bonds is 2. The third-order valence-corrected chi connectivity index (χ3v) is 2.68. The van der Waals surface area contributed by atoms with E-state index in [1.165, 1.54) is 0 Å². The minimum atomic E-state index is 0.159. The number of carbonyl (C=O) groups excluding carboxylic acids is 1. The molecule has 0 spiro atoms. The molecule has 0 radical (unpaired) electrons. The Kier molecular flexibility index (Phi) is 2.97. The van der Waals surface area contributed by atoms with Crippen LogP contribution in [0.4, 0.5) is 0 Å². The lowest BCUT2D eigenvalue weighted by Crippen LogP contribution is -2.32. The van der Waals surface area contributed by atoms with Crippen molar-refractivity contribution in [1.29, 1.82) is 0 Å². The fourth-order valence-corrected chi connectivity index (χ4v) is 1.80. The van der Waals surface area contributed by atoms with Gasteiger partial charge in [0.1, 0.15) is 0 Å². The first-order valence-electron chi connectivity index (χ1n) is 5.18. The van der Waals surface area contributed by atoms with Crippen LogP contribution in [0.1, 0.15) is 12.0 Å². The second-order valence-corrected chi connectivity index (χ2v) is 3.92. The van der Waals surface area contributed by atoms with Crippen molar-refractivity contribution in [3.05, 3.63) is 30.1 Å². The van der Waals surface area contributed by atoms with Crippen LogP contribution in [-0.2, 0) is 11.2 Å². The SMILES string of the molecule is NC1CCN(C(=O)Cc2ccncc2)C1. The maximum atomic E-state index is 11.8. The molecule has 4 nitrogen and oxygen atoms in total. The van der Waals surface area contributed by atoms with E-state index in [0.29, 0.717) is 13.0 Å². The highest BCUT2D eigenvalue weighted by Crippen LogP contribution is 2.09. The van der Waals surface area contributed by atoms with Gasteiger partial charge in [0.15, 0.2) is 0 Å². The first-order valence-corrected chi connectivity index (χ1v) is 5.18. The zero-order chi connectivity index (χ0) is 10.7. The van der Waals surface area contributed by atoms with Crippen LogP contribution in [0.2, 0.25) is 0 Å². The highest BCUT2D eigenvalue weighted by molar-refractivity contribution is 5.79. The monoisotopic (exact) mass is 205 g/mol. The number of carbonyl (C=O) groups is 1. The Morgan fingerprint density at radius 1 is 1.53 bits per heavy atom. The summed E-state index contributed by atoms with van der Waals surface area (Å²) in [5, 5.41) is 0. The highest BCUT2D eigenvalue weighted by Gasteiger charge is 2.23. The van der Waals surface area contributed by atoms with Crippen molar-refractivity contribution in [2.45, 2.75) is 18.9 Å². The number of pyridine rings is 1. The predicted octanol–water partition coefficient (Wildman–Crippen LogP) is 0.184. The number of hydrogen-bond acceptors (Lipinski definition) is 3. The van der Waals surface area contributed by atoms with E-state index in [1.54, 1.807) is 12.4 Å². The largest absolute Gasteiger partial charge is 0.341 e. The Labute approximate surface area is 89.1 Å². The summed E-state index contributed by atoms with van der Waals surface area (Å²) in [5.74, 6) is 0.161. The summed E-state index contributed by atoms with van der Waals surface area (Å²) in [6.07, 6.45) is 4.79. The minimum absolute atomic E-state index is 0.159. The summed E-state index contributed by atoms with van der Waals surface area (Å²) in [6, 6.07) is 3.90. The van der Waals surface area contributed by atoms with E-state index in [0.717, 1.165) is 18.5 Å². The predicted molar refractivity (Wildman–Crippen MR) is 57.1 cm³/mol. The molecule has 4 heteroatoms. The van der Waals surface area contributed by atoms with E-state index in [2.05, 4.69) is 4.98 Å². The lowest BCUT2D eigenvalue weighted by atomic mass is 10.2. The average Bonchev–Trinajstić information content (AvgIpc) is 2.66. The normalized spacial score (nSPS) is 20.6. The Bertz CT molecular complexity index is 339. The molecule has 15 heavy (non-hydrogen) atoms. The number of nitrogens with two attached hydrogens (primary N) is 1. The zero-order valence-electron chi connectivity index (χ0n) is 8.60. The molecule has 0 bridgehead atoms. The fraction of sp³-hybridized carbons (Fsp3) is 0.455. The molecule has 0 aliphatic carbocycles. The Balaban J connectivity index is 1.93. The van der Waals surface area contributed by atoms with Gasteiger partial charge in [0.2, 0.25) is 5.91 Å². The minimum Gasteiger partial charge on any atom is -0.341 e. The molecule has 1 aliphatic heterocycles. The van der Waals surface area contributed by atoms with E-state index >= 15 is 0 Å². The van der Waals surface area contributed by atoms with Gasteiger partial charge in [-0.2, -0.15) is 0 Å².